The highest BCUT2D eigenvalue weighted by atomic mass is 16.5. The SMILES string of the molecule is CCCn1ccnc1C(NC)C(C)(C)OC. The quantitative estimate of drug-likeness (QED) is 0.804. The van der Waals surface area contributed by atoms with Gasteiger partial charge in [0.25, 0.3) is 0 Å². The summed E-state index contributed by atoms with van der Waals surface area (Å²) in [7, 11) is 3.67. The van der Waals surface area contributed by atoms with Gasteiger partial charge in [0.05, 0.1) is 11.6 Å². The van der Waals surface area contributed by atoms with E-state index in [1.54, 1.807) is 7.11 Å². The Labute approximate surface area is 98.0 Å². The van der Waals surface area contributed by atoms with E-state index in [1.807, 2.05) is 19.4 Å². The van der Waals surface area contributed by atoms with E-state index in [0.717, 1.165) is 18.8 Å². The lowest BCUT2D eigenvalue weighted by Crippen LogP contribution is -2.40. The third kappa shape index (κ3) is 2.62. The molecule has 0 aliphatic heterocycles. The summed E-state index contributed by atoms with van der Waals surface area (Å²) < 4.78 is 7.71. The normalized spacial score (nSPS) is 14.1. The monoisotopic (exact) mass is 225 g/mol. The minimum absolute atomic E-state index is 0.0963. The molecule has 1 rings (SSSR count). The Hall–Kier alpha value is -0.870. The van der Waals surface area contributed by atoms with Gasteiger partial charge in [-0.1, -0.05) is 6.92 Å². The van der Waals surface area contributed by atoms with Crippen molar-refractivity contribution in [2.45, 2.75) is 45.4 Å². The van der Waals surface area contributed by atoms with Gasteiger partial charge in [0.15, 0.2) is 0 Å². The summed E-state index contributed by atoms with van der Waals surface area (Å²) in [6, 6.07) is 0.0963. The largest absolute Gasteiger partial charge is 0.377 e. The molecule has 0 bridgehead atoms. The van der Waals surface area contributed by atoms with Crippen LogP contribution in [0.5, 0.6) is 0 Å². The lowest BCUT2D eigenvalue weighted by molar-refractivity contribution is -0.0123. The molecule has 1 aromatic rings. The molecule has 4 nitrogen and oxygen atoms in total. The zero-order valence-corrected chi connectivity index (χ0v) is 10.9. The van der Waals surface area contributed by atoms with Crippen molar-refractivity contribution in [3.8, 4) is 0 Å². The Bertz CT molecular complexity index is 320. The number of hydrogen-bond donors (Lipinski definition) is 1. The van der Waals surface area contributed by atoms with Crippen LogP contribution < -0.4 is 5.32 Å². The maximum atomic E-state index is 5.53. The smallest absolute Gasteiger partial charge is 0.128 e. The first kappa shape index (κ1) is 13.2. The van der Waals surface area contributed by atoms with Crippen LogP contribution in [-0.2, 0) is 11.3 Å². The first-order valence-electron chi connectivity index (χ1n) is 5.80. The van der Waals surface area contributed by atoms with Crippen LogP contribution in [0.3, 0.4) is 0 Å². The van der Waals surface area contributed by atoms with Crippen LogP contribution in [0.15, 0.2) is 12.4 Å². The molecule has 0 fully saturated rings. The molecule has 0 amide bonds. The second kappa shape index (κ2) is 5.46. The molecule has 4 heteroatoms. The fourth-order valence-corrected chi connectivity index (χ4v) is 1.92. The molecule has 1 heterocycles. The molecule has 0 aliphatic rings. The molecule has 0 aromatic carbocycles. The average molecular weight is 225 g/mol. The topological polar surface area (TPSA) is 39.1 Å². The Morgan fingerprint density at radius 1 is 1.56 bits per heavy atom. The number of methoxy groups -OCH3 is 1. The van der Waals surface area contributed by atoms with E-state index in [9.17, 15) is 0 Å². The number of imidazole rings is 1. The van der Waals surface area contributed by atoms with Crippen molar-refractivity contribution >= 4 is 0 Å². The highest BCUT2D eigenvalue weighted by molar-refractivity contribution is 5.05. The van der Waals surface area contributed by atoms with Crippen LogP contribution in [0.1, 0.15) is 39.1 Å². The van der Waals surface area contributed by atoms with E-state index in [1.165, 1.54) is 0 Å². The molecule has 1 unspecified atom stereocenters. The summed E-state index contributed by atoms with van der Waals surface area (Å²) >= 11 is 0. The molecule has 0 aliphatic carbocycles. The highest BCUT2D eigenvalue weighted by Crippen LogP contribution is 2.26. The lowest BCUT2D eigenvalue weighted by atomic mass is 9.98. The van der Waals surface area contributed by atoms with Gasteiger partial charge < -0.3 is 14.6 Å². The molecule has 16 heavy (non-hydrogen) atoms. The van der Waals surface area contributed by atoms with Gasteiger partial charge in [-0.05, 0) is 27.3 Å². The summed E-state index contributed by atoms with van der Waals surface area (Å²) in [6.45, 7) is 7.30. The standard InChI is InChI=1S/C12H23N3O/c1-6-8-15-9-7-14-11(15)10(13-4)12(2,3)16-5/h7,9-10,13H,6,8H2,1-5H3. The number of aromatic nitrogens is 2. The van der Waals surface area contributed by atoms with E-state index >= 15 is 0 Å². The van der Waals surface area contributed by atoms with E-state index in [4.69, 9.17) is 4.74 Å². The molecule has 0 saturated heterocycles. The number of nitrogens with zero attached hydrogens (tertiary/aromatic N) is 2. The maximum Gasteiger partial charge on any atom is 0.128 e. The summed E-state index contributed by atoms with van der Waals surface area (Å²) in [5.41, 5.74) is -0.272. The highest BCUT2D eigenvalue weighted by Gasteiger charge is 2.32. The van der Waals surface area contributed by atoms with Gasteiger partial charge in [0.2, 0.25) is 0 Å². The Balaban J connectivity index is 2.99. The second-order valence-electron chi connectivity index (χ2n) is 4.51. The third-order valence-corrected chi connectivity index (χ3v) is 2.98. The van der Waals surface area contributed by atoms with Crippen LogP contribution in [0.4, 0.5) is 0 Å². The Kier molecular flexibility index (Phi) is 4.50. The second-order valence-corrected chi connectivity index (χ2v) is 4.51. The van der Waals surface area contributed by atoms with Crippen LogP contribution in [0.25, 0.3) is 0 Å². The van der Waals surface area contributed by atoms with Crippen LogP contribution in [0.2, 0.25) is 0 Å². The number of aryl methyl sites for hydroxylation is 1. The number of likely N-dealkylation sites (N-methyl/N-ethyl adjacent to an activating group) is 1. The van der Waals surface area contributed by atoms with Gasteiger partial charge >= 0.3 is 0 Å². The molecule has 1 N–H and O–H groups in total. The molecule has 92 valence electrons. The van der Waals surface area contributed by atoms with Crippen molar-refractivity contribution in [2.24, 2.45) is 0 Å². The first-order valence-corrected chi connectivity index (χ1v) is 5.80. The molecular weight excluding hydrogens is 202 g/mol. The Morgan fingerprint density at radius 2 is 2.25 bits per heavy atom. The van der Waals surface area contributed by atoms with E-state index in [-0.39, 0.29) is 11.6 Å². The first-order chi connectivity index (χ1) is 7.56. The molecule has 0 saturated carbocycles. The van der Waals surface area contributed by atoms with Gasteiger partial charge in [0.1, 0.15) is 5.82 Å². The molecule has 0 spiro atoms. The molecule has 0 radical (unpaired) electrons. The van der Waals surface area contributed by atoms with Crippen molar-refractivity contribution < 1.29 is 4.74 Å². The summed E-state index contributed by atoms with van der Waals surface area (Å²) in [4.78, 5) is 4.44. The molecular formula is C12H23N3O. The van der Waals surface area contributed by atoms with E-state index in [0.29, 0.717) is 0 Å². The van der Waals surface area contributed by atoms with Crippen molar-refractivity contribution in [3.63, 3.8) is 0 Å². The fraction of sp³-hybridized carbons (Fsp3) is 0.750. The van der Waals surface area contributed by atoms with E-state index < -0.39 is 0 Å². The summed E-state index contributed by atoms with van der Waals surface area (Å²) in [5.74, 6) is 1.04. The zero-order valence-electron chi connectivity index (χ0n) is 10.9. The van der Waals surface area contributed by atoms with E-state index in [2.05, 4.69) is 35.6 Å². The predicted molar refractivity (Wildman–Crippen MR) is 65.4 cm³/mol. The van der Waals surface area contributed by atoms with Crippen molar-refractivity contribution in [1.29, 1.82) is 0 Å². The predicted octanol–water partition coefficient (Wildman–Crippen LogP) is 1.98. The summed E-state index contributed by atoms with van der Waals surface area (Å²) in [6.07, 6.45) is 4.98. The Morgan fingerprint density at radius 3 is 2.75 bits per heavy atom. The molecule has 1 aromatic heterocycles. The lowest BCUT2D eigenvalue weighted by Gasteiger charge is -2.32. The van der Waals surface area contributed by atoms with Crippen molar-refractivity contribution in [3.05, 3.63) is 18.2 Å². The fourth-order valence-electron chi connectivity index (χ4n) is 1.92. The number of ether oxygens (including phenoxy) is 1. The molecule has 1 atom stereocenters. The number of nitrogens with one attached hydrogen (secondary N) is 1. The van der Waals surface area contributed by atoms with Gasteiger partial charge in [-0.25, -0.2) is 4.98 Å². The van der Waals surface area contributed by atoms with Crippen LogP contribution in [0, 0.1) is 0 Å². The van der Waals surface area contributed by atoms with Crippen molar-refractivity contribution in [2.75, 3.05) is 14.2 Å². The van der Waals surface area contributed by atoms with Crippen LogP contribution in [-0.4, -0.2) is 29.3 Å². The summed E-state index contributed by atoms with van der Waals surface area (Å²) in [5, 5.41) is 3.29. The van der Waals surface area contributed by atoms with Gasteiger partial charge in [-0.2, -0.15) is 0 Å². The minimum Gasteiger partial charge on any atom is -0.377 e. The van der Waals surface area contributed by atoms with Gasteiger partial charge in [0, 0.05) is 26.0 Å². The third-order valence-electron chi connectivity index (χ3n) is 2.98. The average Bonchev–Trinajstić information content (AvgIpc) is 2.68. The van der Waals surface area contributed by atoms with Gasteiger partial charge in [-0.15, -0.1) is 0 Å². The van der Waals surface area contributed by atoms with Gasteiger partial charge in [-0.3, -0.25) is 0 Å². The van der Waals surface area contributed by atoms with Crippen LogP contribution >= 0.6 is 0 Å². The number of rotatable bonds is 6. The minimum atomic E-state index is -0.272. The van der Waals surface area contributed by atoms with Crippen molar-refractivity contribution in [1.82, 2.24) is 14.9 Å². The number of hydrogen-bond acceptors (Lipinski definition) is 3. The zero-order chi connectivity index (χ0) is 12.2. The maximum absolute atomic E-state index is 5.53.